The molecule has 1 atom stereocenters. The molecule has 1 aromatic rings. The first kappa shape index (κ1) is 18.6. The van der Waals surface area contributed by atoms with Crippen LogP contribution in [0.3, 0.4) is 0 Å². The van der Waals surface area contributed by atoms with E-state index in [1.54, 1.807) is 25.3 Å². The van der Waals surface area contributed by atoms with Gasteiger partial charge in [-0.15, -0.1) is 11.3 Å². The molecule has 0 bridgehead atoms. The predicted molar refractivity (Wildman–Crippen MR) is 83.1 cm³/mol. The van der Waals surface area contributed by atoms with Crippen LogP contribution in [0.4, 0.5) is 0 Å². The van der Waals surface area contributed by atoms with Crippen molar-refractivity contribution in [3.8, 4) is 0 Å². The normalized spacial score (nSPS) is 13.6. The monoisotopic (exact) mass is 348 g/mol. The maximum absolute atomic E-state index is 12.0. The van der Waals surface area contributed by atoms with Gasteiger partial charge in [0, 0.05) is 6.54 Å². The fourth-order valence-corrected chi connectivity index (χ4v) is 3.73. The Kier molecular flexibility index (Phi) is 6.09. The van der Waals surface area contributed by atoms with Crippen LogP contribution in [0, 0.1) is 5.41 Å². The zero-order valence-corrected chi connectivity index (χ0v) is 14.3. The highest BCUT2D eigenvalue weighted by atomic mass is 32.2. The second-order valence-electron chi connectivity index (χ2n) is 5.51. The minimum absolute atomic E-state index is 0.138. The number of aliphatic carboxylic acids is 1. The van der Waals surface area contributed by atoms with E-state index >= 15 is 0 Å². The van der Waals surface area contributed by atoms with Crippen molar-refractivity contribution in [1.82, 2.24) is 10.0 Å². The number of carbonyl (C=O) groups is 2. The molecule has 0 radical (unpaired) electrons. The molecule has 0 aliphatic carbocycles. The quantitative estimate of drug-likeness (QED) is 0.649. The van der Waals surface area contributed by atoms with Crippen LogP contribution in [-0.4, -0.2) is 38.0 Å². The second kappa shape index (κ2) is 7.21. The summed E-state index contributed by atoms with van der Waals surface area (Å²) in [4.78, 5) is 22.8. The lowest BCUT2D eigenvalue weighted by Crippen LogP contribution is -2.45. The Morgan fingerprint density at radius 3 is 2.55 bits per heavy atom. The lowest BCUT2D eigenvalue weighted by molar-refractivity contribution is -0.147. The van der Waals surface area contributed by atoms with Crippen molar-refractivity contribution < 1.29 is 23.1 Å². The van der Waals surface area contributed by atoms with Crippen molar-refractivity contribution in [2.45, 2.75) is 37.4 Å². The van der Waals surface area contributed by atoms with Gasteiger partial charge in [0.1, 0.15) is 4.21 Å². The number of rotatable bonds is 8. The molecular weight excluding hydrogens is 328 g/mol. The highest BCUT2D eigenvalue weighted by molar-refractivity contribution is 7.91. The zero-order chi connectivity index (χ0) is 17.0. The van der Waals surface area contributed by atoms with E-state index in [1.807, 2.05) is 0 Å². The minimum atomic E-state index is -3.71. The molecule has 0 aliphatic heterocycles. The van der Waals surface area contributed by atoms with Gasteiger partial charge in [0.15, 0.2) is 0 Å². The van der Waals surface area contributed by atoms with Gasteiger partial charge in [-0.2, -0.15) is 4.72 Å². The van der Waals surface area contributed by atoms with Crippen LogP contribution in [0.15, 0.2) is 21.7 Å². The van der Waals surface area contributed by atoms with Crippen molar-refractivity contribution in [2.24, 2.45) is 5.41 Å². The summed E-state index contributed by atoms with van der Waals surface area (Å²) in [6.45, 7) is 4.71. The maximum Gasteiger partial charge on any atom is 0.309 e. The van der Waals surface area contributed by atoms with E-state index in [2.05, 4.69) is 10.0 Å². The number of carboxylic acid groups (broad SMARTS) is 1. The number of carboxylic acids is 1. The minimum Gasteiger partial charge on any atom is -0.481 e. The third-order valence-corrected chi connectivity index (χ3v) is 6.05. The van der Waals surface area contributed by atoms with Crippen molar-refractivity contribution in [2.75, 3.05) is 6.54 Å². The Morgan fingerprint density at radius 2 is 2.05 bits per heavy atom. The average Bonchev–Trinajstić information content (AvgIpc) is 2.92. The Bertz CT molecular complexity index is 623. The van der Waals surface area contributed by atoms with Gasteiger partial charge in [-0.3, -0.25) is 9.59 Å². The molecule has 0 saturated carbocycles. The van der Waals surface area contributed by atoms with E-state index in [4.69, 9.17) is 5.11 Å². The zero-order valence-electron chi connectivity index (χ0n) is 12.6. The first-order valence-corrected chi connectivity index (χ1v) is 8.99. The van der Waals surface area contributed by atoms with Gasteiger partial charge in [-0.05, 0) is 38.6 Å². The molecule has 1 heterocycles. The largest absolute Gasteiger partial charge is 0.481 e. The van der Waals surface area contributed by atoms with Crippen molar-refractivity contribution >= 4 is 33.2 Å². The van der Waals surface area contributed by atoms with Crippen molar-refractivity contribution in [3.63, 3.8) is 0 Å². The average molecular weight is 348 g/mol. The number of nitrogens with one attached hydrogen (secondary N) is 2. The maximum atomic E-state index is 12.0. The fraction of sp³-hybridized carbons (Fsp3) is 0.538. The lowest BCUT2D eigenvalue weighted by atomic mass is 9.90. The standard InChI is InChI=1S/C13H20N2O5S2/c1-9(15-22(19,20)10-5-4-8-21-10)11(16)14-7-6-13(2,3)12(17)18/h4-5,8-9,15H,6-7H2,1-3H3,(H,14,16)(H,17,18). The van der Waals surface area contributed by atoms with E-state index in [-0.39, 0.29) is 17.2 Å². The van der Waals surface area contributed by atoms with Crippen LogP contribution >= 0.6 is 11.3 Å². The van der Waals surface area contributed by atoms with Crippen molar-refractivity contribution in [1.29, 1.82) is 0 Å². The molecule has 1 aromatic heterocycles. The van der Waals surface area contributed by atoms with Gasteiger partial charge in [-0.1, -0.05) is 6.07 Å². The second-order valence-corrected chi connectivity index (χ2v) is 8.39. The van der Waals surface area contributed by atoms with Gasteiger partial charge >= 0.3 is 5.97 Å². The summed E-state index contributed by atoms with van der Waals surface area (Å²) in [6.07, 6.45) is 0.248. The first-order chi connectivity index (χ1) is 10.1. The number of thiophene rings is 1. The summed E-state index contributed by atoms with van der Waals surface area (Å²) in [5.41, 5.74) is -0.951. The number of hydrogen-bond donors (Lipinski definition) is 3. The molecule has 7 nitrogen and oxygen atoms in total. The molecule has 3 N–H and O–H groups in total. The number of hydrogen-bond acceptors (Lipinski definition) is 5. The Morgan fingerprint density at radius 1 is 1.41 bits per heavy atom. The van der Waals surface area contributed by atoms with Gasteiger partial charge in [-0.25, -0.2) is 8.42 Å². The van der Waals surface area contributed by atoms with Gasteiger partial charge in [0.25, 0.3) is 10.0 Å². The molecule has 1 amide bonds. The molecular formula is C13H20N2O5S2. The fourth-order valence-electron chi connectivity index (χ4n) is 1.52. The van der Waals surface area contributed by atoms with Crippen LogP contribution in [0.5, 0.6) is 0 Å². The van der Waals surface area contributed by atoms with Crippen LogP contribution in [0.1, 0.15) is 27.2 Å². The Hall–Kier alpha value is -1.45. The molecule has 22 heavy (non-hydrogen) atoms. The molecule has 124 valence electrons. The van der Waals surface area contributed by atoms with Crippen LogP contribution < -0.4 is 10.0 Å². The number of sulfonamides is 1. The van der Waals surface area contributed by atoms with Gasteiger partial charge in [0.2, 0.25) is 5.91 Å². The van der Waals surface area contributed by atoms with E-state index in [0.717, 1.165) is 11.3 Å². The number of amides is 1. The van der Waals surface area contributed by atoms with E-state index in [0.29, 0.717) is 0 Å². The SMILES string of the molecule is CC(NS(=O)(=O)c1cccs1)C(=O)NCCC(C)(C)C(=O)O. The Balaban J connectivity index is 2.51. The van der Waals surface area contributed by atoms with E-state index in [1.165, 1.54) is 13.0 Å². The molecule has 9 heteroatoms. The summed E-state index contributed by atoms with van der Waals surface area (Å²) >= 11 is 1.06. The summed E-state index contributed by atoms with van der Waals surface area (Å²) in [7, 11) is -3.71. The molecule has 0 spiro atoms. The van der Waals surface area contributed by atoms with Crippen LogP contribution in [0.25, 0.3) is 0 Å². The molecule has 0 fully saturated rings. The number of carbonyl (C=O) groups excluding carboxylic acids is 1. The molecule has 0 saturated heterocycles. The summed E-state index contributed by atoms with van der Waals surface area (Å²) in [6, 6.07) is 2.12. The summed E-state index contributed by atoms with van der Waals surface area (Å²) in [5.74, 6) is -1.45. The molecule has 0 aliphatic rings. The predicted octanol–water partition coefficient (Wildman–Crippen LogP) is 1.03. The van der Waals surface area contributed by atoms with Crippen LogP contribution in [-0.2, 0) is 19.6 Å². The van der Waals surface area contributed by atoms with E-state index in [9.17, 15) is 18.0 Å². The topological polar surface area (TPSA) is 113 Å². The lowest BCUT2D eigenvalue weighted by Gasteiger charge is -2.20. The Labute approximate surface area is 133 Å². The van der Waals surface area contributed by atoms with Crippen molar-refractivity contribution in [3.05, 3.63) is 17.5 Å². The van der Waals surface area contributed by atoms with Gasteiger partial charge < -0.3 is 10.4 Å². The third kappa shape index (κ3) is 5.08. The van der Waals surface area contributed by atoms with Crippen LogP contribution in [0.2, 0.25) is 0 Å². The highest BCUT2D eigenvalue weighted by Crippen LogP contribution is 2.19. The molecule has 0 aromatic carbocycles. The summed E-state index contributed by atoms with van der Waals surface area (Å²) < 4.78 is 26.4. The molecule has 1 unspecified atom stereocenters. The first-order valence-electron chi connectivity index (χ1n) is 6.63. The highest BCUT2D eigenvalue weighted by Gasteiger charge is 2.27. The smallest absolute Gasteiger partial charge is 0.309 e. The van der Waals surface area contributed by atoms with Gasteiger partial charge in [0.05, 0.1) is 11.5 Å². The molecule has 1 rings (SSSR count). The summed E-state index contributed by atoms with van der Waals surface area (Å²) in [5, 5.41) is 13.1. The third-order valence-electron chi connectivity index (χ3n) is 3.11. The van der Waals surface area contributed by atoms with E-state index < -0.39 is 33.4 Å².